The summed E-state index contributed by atoms with van der Waals surface area (Å²) >= 11 is 0. The van der Waals surface area contributed by atoms with Gasteiger partial charge in [0, 0.05) is 37.4 Å². The Morgan fingerprint density at radius 2 is 1.90 bits per heavy atom. The van der Waals surface area contributed by atoms with Gasteiger partial charge in [0.1, 0.15) is 5.82 Å². The Balaban J connectivity index is 1.95. The van der Waals surface area contributed by atoms with Crippen LogP contribution in [0.1, 0.15) is 54.5 Å². The van der Waals surface area contributed by atoms with E-state index in [2.05, 4.69) is 46.3 Å². The van der Waals surface area contributed by atoms with Gasteiger partial charge in [-0.1, -0.05) is 26.5 Å². The molecule has 2 aromatic heterocycles. The Kier molecular flexibility index (Phi) is 7.52. The first-order valence-corrected chi connectivity index (χ1v) is 9.75. The molecular weight excluding hydrogens is 380 g/mol. The summed E-state index contributed by atoms with van der Waals surface area (Å²) in [6.07, 6.45) is 2.30. The highest BCUT2D eigenvalue weighted by molar-refractivity contribution is 5.98. The average molecular weight is 411 g/mol. The number of nitrogens with one attached hydrogen (secondary N) is 3. The molecule has 8 nitrogen and oxygen atoms in total. The zero-order chi connectivity index (χ0) is 22.3. The molecule has 160 valence electrons. The molecule has 30 heavy (non-hydrogen) atoms. The highest BCUT2D eigenvalue weighted by atomic mass is 16.2. The lowest BCUT2D eigenvalue weighted by Crippen LogP contribution is -2.37. The van der Waals surface area contributed by atoms with E-state index in [-0.39, 0.29) is 17.4 Å². The van der Waals surface area contributed by atoms with Crippen LogP contribution in [0, 0.1) is 0 Å². The summed E-state index contributed by atoms with van der Waals surface area (Å²) in [5.41, 5.74) is 8.76. The number of carbonyl (C=O) groups is 2. The zero-order valence-electron chi connectivity index (χ0n) is 18.0. The van der Waals surface area contributed by atoms with Gasteiger partial charge >= 0.3 is 6.03 Å². The molecule has 2 heterocycles. The van der Waals surface area contributed by atoms with Crippen molar-refractivity contribution in [2.45, 2.75) is 39.2 Å². The number of hydrogen-bond donors (Lipinski definition) is 4. The molecule has 0 atom stereocenters. The van der Waals surface area contributed by atoms with E-state index in [0.29, 0.717) is 36.6 Å². The van der Waals surface area contributed by atoms with Gasteiger partial charge in [-0.15, -0.1) is 0 Å². The summed E-state index contributed by atoms with van der Waals surface area (Å²) in [4.78, 5) is 32.8. The van der Waals surface area contributed by atoms with Crippen LogP contribution in [0.4, 0.5) is 10.6 Å². The number of allylic oxidation sites excluding steroid dienone is 1. The zero-order valence-corrected chi connectivity index (χ0v) is 18.0. The number of urea groups is 1. The van der Waals surface area contributed by atoms with Crippen LogP contribution in [-0.2, 0) is 12.0 Å². The molecule has 5 N–H and O–H groups in total. The minimum atomic E-state index is -0.306. The van der Waals surface area contributed by atoms with Gasteiger partial charge in [-0.2, -0.15) is 0 Å². The molecule has 2 rings (SSSR count). The van der Waals surface area contributed by atoms with Gasteiger partial charge in [-0.25, -0.2) is 9.78 Å². The Morgan fingerprint density at radius 1 is 1.17 bits per heavy atom. The highest BCUT2D eigenvalue weighted by Crippen LogP contribution is 2.27. The van der Waals surface area contributed by atoms with E-state index in [4.69, 9.17) is 5.73 Å². The van der Waals surface area contributed by atoms with Crippen LogP contribution in [-0.4, -0.2) is 35.5 Å². The van der Waals surface area contributed by atoms with Crippen molar-refractivity contribution in [2.75, 3.05) is 19.3 Å². The summed E-state index contributed by atoms with van der Waals surface area (Å²) in [5.74, 6) is 0.247. The largest absolute Gasteiger partial charge is 0.384 e. The number of nitrogens with two attached hydrogens (primary N) is 1. The van der Waals surface area contributed by atoms with Gasteiger partial charge in [0.2, 0.25) is 0 Å². The maximum Gasteiger partial charge on any atom is 0.315 e. The standard InChI is InChI=1S/C22H30N6O2/c1-14(2)19-16(20(29)24-5)7-8-17(28-19)22(3,4)10-11-25-21(30)27-13-15-6-9-18(23)26-12-15/h6-9,12H,1,10-11,13H2,2-5H3,(H2,23,26)(H,24,29)(H2,25,27,30). The number of hydrogen-bond acceptors (Lipinski definition) is 5. The minimum absolute atomic E-state index is 0.195. The van der Waals surface area contributed by atoms with Gasteiger partial charge in [0.25, 0.3) is 5.91 Å². The Bertz CT molecular complexity index is 922. The van der Waals surface area contributed by atoms with Gasteiger partial charge in [0.15, 0.2) is 0 Å². The van der Waals surface area contributed by atoms with E-state index in [0.717, 1.165) is 16.8 Å². The van der Waals surface area contributed by atoms with Crippen molar-refractivity contribution in [3.05, 3.63) is 59.6 Å². The third kappa shape index (κ3) is 6.04. The fourth-order valence-corrected chi connectivity index (χ4v) is 2.88. The summed E-state index contributed by atoms with van der Waals surface area (Å²) in [5, 5.41) is 8.28. The molecule has 0 aromatic carbocycles. The Hall–Kier alpha value is -3.42. The maximum absolute atomic E-state index is 12.1. The summed E-state index contributed by atoms with van der Waals surface area (Å²) in [6, 6.07) is 6.88. The normalized spacial score (nSPS) is 10.9. The van der Waals surface area contributed by atoms with Crippen LogP contribution >= 0.6 is 0 Å². The molecule has 0 bridgehead atoms. The predicted octanol–water partition coefficient (Wildman–Crippen LogP) is 2.62. The molecule has 3 amide bonds. The molecule has 0 aliphatic carbocycles. The molecule has 0 saturated carbocycles. The van der Waals surface area contributed by atoms with Crippen LogP contribution < -0.4 is 21.7 Å². The molecule has 0 aliphatic rings. The van der Waals surface area contributed by atoms with E-state index in [9.17, 15) is 9.59 Å². The summed E-state index contributed by atoms with van der Waals surface area (Å²) in [6.45, 7) is 10.7. The number of nitrogens with zero attached hydrogens (tertiary/aromatic N) is 2. The van der Waals surface area contributed by atoms with Crippen LogP contribution in [0.3, 0.4) is 0 Å². The first-order valence-electron chi connectivity index (χ1n) is 9.75. The second-order valence-electron chi connectivity index (χ2n) is 7.79. The van der Waals surface area contributed by atoms with Crippen molar-refractivity contribution in [3.63, 3.8) is 0 Å². The topological polar surface area (TPSA) is 122 Å². The molecule has 0 saturated heterocycles. The second kappa shape index (κ2) is 9.87. The monoisotopic (exact) mass is 410 g/mol. The predicted molar refractivity (Wildman–Crippen MR) is 119 cm³/mol. The summed E-state index contributed by atoms with van der Waals surface area (Å²) in [7, 11) is 1.59. The number of amides is 3. The van der Waals surface area contributed by atoms with E-state index in [1.54, 1.807) is 25.4 Å². The number of carbonyl (C=O) groups excluding carboxylic acids is 2. The first kappa shape index (κ1) is 22.9. The summed E-state index contributed by atoms with van der Waals surface area (Å²) < 4.78 is 0. The van der Waals surface area contributed by atoms with E-state index in [1.807, 2.05) is 19.1 Å². The molecule has 8 heteroatoms. The third-order valence-electron chi connectivity index (χ3n) is 4.80. The molecular formula is C22H30N6O2. The van der Waals surface area contributed by atoms with Crippen LogP contribution in [0.15, 0.2) is 37.0 Å². The van der Waals surface area contributed by atoms with Crippen molar-refractivity contribution in [3.8, 4) is 0 Å². The molecule has 2 aromatic rings. The lowest BCUT2D eigenvalue weighted by molar-refractivity contribution is 0.0962. The average Bonchev–Trinajstić information content (AvgIpc) is 2.72. The van der Waals surface area contributed by atoms with Gasteiger partial charge < -0.3 is 21.7 Å². The lowest BCUT2D eigenvalue weighted by atomic mass is 9.84. The van der Waals surface area contributed by atoms with Crippen molar-refractivity contribution < 1.29 is 9.59 Å². The fraction of sp³-hybridized carbons (Fsp3) is 0.364. The highest BCUT2D eigenvalue weighted by Gasteiger charge is 2.24. The quantitative estimate of drug-likeness (QED) is 0.533. The van der Waals surface area contributed by atoms with Crippen LogP contribution in [0.5, 0.6) is 0 Å². The van der Waals surface area contributed by atoms with E-state index in [1.165, 1.54) is 0 Å². The van der Waals surface area contributed by atoms with Crippen molar-refractivity contribution in [2.24, 2.45) is 0 Å². The number of anilines is 1. The van der Waals surface area contributed by atoms with E-state index < -0.39 is 0 Å². The van der Waals surface area contributed by atoms with Gasteiger partial charge in [-0.3, -0.25) is 9.78 Å². The van der Waals surface area contributed by atoms with Crippen LogP contribution in [0.25, 0.3) is 5.57 Å². The number of pyridine rings is 2. The van der Waals surface area contributed by atoms with Gasteiger partial charge in [-0.05, 0) is 42.7 Å². The molecule has 0 spiro atoms. The first-order chi connectivity index (χ1) is 14.1. The number of nitrogen functional groups attached to an aromatic ring is 1. The molecule has 0 aliphatic heterocycles. The van der Waals surface area contributed by atoms with E-state index >= 15 is 0 Å². The Labute approximate surface area is 177 Å². The molecule has 0 radical (unpaired) electrons. The number of aromatic nitrogens is 2. The van der Waals surface area contributed by atoms with Gasteiger partial charge in [0.05, 0.1) is 11.3 Å². The fourth-order valence-electron chi connectivity index (χ4n) is 2.88. The number of rotatable bonds is 8. The second-order valence-corrected chi connectivity index (χ2v) is 7.79. The Morgan fingerprint density at radius 3 is 2.50 bits per heavy atom. The maximum atomic E-state index is 12.1. The van der Waals surface area contributed by atoms with Crippen molar-refractivity contribution >= 4 is 23.3 Å². The van der Waals surface area contributed by atoms with Crippen molar-refractivity contribution in [1.29, 1.82) is 0 Å². The lowest BCUT2D eigenvalue weighted by Gasteiger charge is -2.25. The minimum Gasteiger partial charge on any atom is -0.384 e. The smallest absolute Gasteiger partial charge is 0.315 e. The molecule has 0 fully saturated rings. The van der Waals surface area contributed by atoms with Crippen LogP contribution in [0.2, 0.25) is 0 Å². The molecule has 0 unspecified atom stereocenters. The SMILES string of the molecule is C=C(C)c1nc(C(C)(C)CCNC(=O)NCc2ccc(N)nc2)ccc1C(=O)NC. The van der Waals surface area contributed by atoms with Crippen molar-refractivity contribution in [1.82, 2.24) is 25.9 Å². The third-order valence-corrected chi connectivity index (χ3v) is 4.80.